The molecule has 0 fully saturated rings. The fourth-order valence-electron chi connectivity index (χ4n) is 2.03. The third kappa shape index (κ3) is 3.19. The van der Waals surface area contributed by atoms with Crippen LogP contribution in [0.5, 0.6) is 0 Å². The molecule has 0 bridgehead atoms. The second-order valence-corrected chi connectivity index (χ2v) is 4.12. The van der Waals surface area contributed by atoms with Crippen LogP contribution >= 0.6 is 0 Å². The van der Waals surface area contributed by atoms with Crippen LogP contribution in [0.2, 0.25) is 0 Å². The summed E-state index contributed by atoms with van der Waals surface area (Å²) in [6, 6.07) is 2.18. The number of aryl methyl sites for hydroxylation is 1. The molecule has 0 aliphatic heterocycles. The molecule has 1 rings (SSSR count). The fourth-order valence-corrected chi connectivity index (χ4v) is 2.03. The lowest BCUT2D eigenvalue weighted by Gasteiger charge is -2.22. The van der Waals surface area contributed by atoms with Crippen molar-refractivity contribution in [3.63, 3.8) is 0 Å². The molecule has 2 N–H and O–H groups in total. The Labute approximate surface area is 113 Å². The molecule has 0 saturated carbocycles. The number of amides is 1. The number of nitriles is 1. The number of aromatic nitrogens is 2. The molecule has 1 aromatic rings. The predicted octanol–water partition coefficient (Wildman–Crippen LogP) is 0.785. The standard InChI is InChI=1S/C13H19N5O/c1-4-9-10(7-14)13(17-16-11(9)5-2)18(6-3)8-12(15)19/h4-6,8H2,1-3H3,(H2,15,19). The molecule has 0 unspecified atom stereocenters. The number of nitrogens with zero attached hydrogens (tertiary/aromatic N) is 4. The van der Waals surface area contributed by atoms with E-state index in [2.05, 4.69) is 16.3 Å². The first-order valence-corrected chi connectivity index (χ1v) is 6.40. The van der Waals surface area contributed by atoms with Crippen LogP contribution in [0.1, 0.15) is 37.6 Å². The third-order valence-electron chi connectivity index (χ3n) is 2.97. The summed E-state index contributed by atoms with van der Waals surface area (Å²) < 4.78 is 0. The molecule has 102 valence electrons. The van der Waals surface area contributed by atoms with Crippen molar-refractivity contribution in [1.29, 1.82) is 5.26 Å². The summed E-state index contributed by atoms with van der Waals surface area (Å²) in [5, 5.41) is 17.6. The van der Waals surface area contributed by atoms with Gasteiger partial charge >= 0.3 is 0 Å². The smallest absolute Gasteiger partial charge is 0.237 e. The normalized spacial score (nSPS) is 10.0. The average molecular weight is 261 g/mol. The van der Waals surface area contributed by atoms with E-state index in [1.807, 2.05) is 20.8 Å². The molecule has 6 heteroatoms. The Morgan fingerprint density at radius 2 is 2.00 bits per heavy atom. The van der Waals surface area contributed by atoms with Crippen LogP contribution in [-0.4, -0.2) is 29.2 Å². The summed E-state index contributed by atoms with van der Waals surface area (Å²) in [5.41, 5.74) is 7.44. The molecule has 0 radical (unpaired) electrons. The summed E-state index contributed by atoms with van der Waals surface area (Å²) in [4.78, 5) is 12.7. The van der Waals surface area contributed by atoms with Crippen molar-refractivity contribution >= 4 is 11.7 Å². The second-order valence-electron chi connectivity index (χ2n) is 4.12. The number of primary amides is 1. The van der Waals surface area contributed by atoms with Gasteiger partial charge in [0.15, 0.2) is 5.82 Å². The topological polar surface area (TPSA) is 95.9 Å². The Hall–Kier alpha value is -2.16. The van der Waals surface area contributed by atoms with E-state index < -0.39 is 5.91 Å². The number of likely N-dealkylation sites (N-methyl/N-ethyl adjacent to an activating group) is 1. The van der Waals surface area contributed by atoms with E-state index in [1.165, 1.54) is 0 Å². The number of rotatable bonds is 6. The van der Waals surface area contributed by atoms with Gasteiger partial charge in [-0.1, -0.05) is 13.8 Å². The monoisotopic (exact) mass is 261 g/mol. The molecule has 0 aromatic carbocycles. The summed E-state index contributed by atoms with van der Waals surface area (Å²) in [6.45, 7) is 6.41. The average Bonchev–Trinajstić information content (AvgIpc) is 2.42. The zero-order valence-electron chi connectivity index (χ0n) is 11.6. The van der Waals surface area contributed by atoms with E-state index in [0.29, 0.717) is 24.3 Å². The van der Waals surface area contributed by atoms with Crippen LogP contribution in [0.4, 0.5) is 5.82 Å². The highest BCUT2D eigenvalue weighted by atomic mass is 16.1. The molecule has 1 aromatic heterocycles. The van der Waals surface area contributed by atoms with Crippen molar-refractivity contribution in [2.75, 3.05) is 18.0 Å². The van der Waals surface area contributed by atoms with E-state index >= 15 is 0 Å². The van der Waals surface area contributed by atoms with Gasteiger partial charge in [-0.05, 0) is 25.3 Å². The van der Waals surface area contributed by atoms with Crippen LogP contribution in [-0.2, 0) is 17.6 Å². The number of hydrogen-bond acceptors (Lipinski definition) is 5. The molecular weight excluding hydrogens is 242 g/mol. The van der Waals surface area contributed by atoms with Crippen LogP contribution < -0.4 is 10.6 Å². The van der Waals surface area contributed by atoms with Gasteiger partial charge in [-0.2, -0.15) is 10.4 Å². The quantitative estimate of drug-likeness (QED) is 0.816. The van der Waals surface area contributed by atoms with Crippen LogP contribution in [0, 0.1) is 11.3 Å². The van der Waals surface area contributed by atoms with Gasteiger partial charge in [-0.15, -0.1) is 5.10 Å². The summed E-state index contributed by atoms with van der Waals surface area (Å²) in [5.74, 6) is -0.0111. The largest absolute Gasteiger partial charge is 0.368 e. The van der Waals surface area contributed by atoms with E-state index in [9.17, 15) is 10.1 Å². The van der Waals surface area contributed by atoms with Gasteiger partial charge in [0.1, 0.15) is 11.6 Å². The molecule has 0 saturated heterocycles. The first-order valence-electron chi connectivity index (χ1n) is 6.40. The van der Waals surface area contributed by atoms with Crippen LogP contribution in [0.3, 0.4) is 0 Å². The molecular formula is C13H19N5O. The second kappa shape index (κ2) is 6.69. The molecule has 0 spiro atoms. The highest BCUT2D eigenvalue weighted by Gasteiger charge is 2.19. The summed E-state index contributed by atoms with van der Waals surface area (Å²) in [7, 11) is 0. The number of anilines is 1. The van der Waals surface area contributed by atoms with Gasteiger partial charge < -0.3 is 10.6 Å². The maximum atomic E-state index is 11.1. The Balaban J connectivity index is 3.35. The lowest BCUT2D eigenvalue weighted by atomic mass is 10.0. The van der Waals surface area contributed by atoms with Gasteiger partial charge in [0, 0.05) is 6.54 Å². The summed E-state index contributed by atoms with van der Waals surface area (Å²) >= 11 is 0. The van der Waals surface area contributed by atoms with Gasteiger partial charge in [-0.25, -0.2) is 0 Å². The van der Waals surface area contributed by atoms with Gasteiger partial charge in [0.05, 0.1) is 12.2 Å². The van der Waals surface area contributed by atoms with Crippen molar-refractivity contribution in [2.24, 2.45) is 5.73 Å². The van der Waals surface area contributed by atoms with Gasteiger partial charge in [0.2, 0.25) is 5.91 Å². The maximum absolute atomic E-state index is 11.1. The predicted molar refractivity (Wildman–Crippen MR) is 72.6 cm³/mol. The zero-order valence-corrected chi connectivity index (χ0v) is 11.6. The summed E-state index contributed by atoms with van der Waals surface area (Å²) in [6.07, 6.45) is 1.44. The van der Waals surface area contributed by atoms with E-state index in [1.54, 1.807) is 4.90 Å². The molecule has 1 heterocycles. The van der Waals surface area contributed by atoms with Crippen molar-refractivity contribution in [3.05, 3.63) is 16.8 Å². The number of carbonyl (C=O) groups excluding carboxylic acids is 1. The fraction of sp³-hybridized carbons (Fsp3) is 0.538. The number of hydrogen-bond donors (Lipinski definition) is 1. The molecule has 6 nitrogen and oxygen atoms in total. The van der Waals surface area contributed by atoms with E-state index in [4.69, 9.17) is 5.73 Å². The minimum Gasteiger partial charge on any atom is -0.368 e. The first-order chi connectivity index (χ1) is 9.08. The Morgan fingerprint density at radius 1 is 1.32 bits per heavy atom. The van der Waals surface area contributed by atoms with Crippen molar-refractivity contribution in [2.45, 2.75) is 33.6 Å². The van der Waals surface area contributed by atoms with Gasteiger partial charge in [-0.3, -0.25) is 4.79 Å². The number of carbonyl (C=O) groups is 1. The Bertz CT molecular complexity index is 506. The highest BCUT2D eigenvalue weighted by Crippen LogP contribution is 2.22. The van der Waals surface area contributed by atoms with Crippen molar-refractivity contribution in [3.8, 4) is 6.07 Å². The number of nitrogens with two attached hydrogens (primary N) is 1. The van der Waals surface area contributed by atoms with E-state index in [0.717, 1.165) is 17.7 Å². The molecule has 1 amide bonds. The maximum Gasteiger partial charge on any atom is 0.237 e. The van der Waals surface area contributed by atoms with Crippen LogP contribution in [0.25, 0.3) is 0 Å². The SMILES string of the molecule is CCc1nnc(N(CC)CC(N)=O)c(C#N)c1CC. The lowest BCUT2D eigenvalue weighted by molar-refractivity contribution is -0.116. The highest BCUT2D eigenvalue weighted by molar-refractivity contribution is 5.79. The first kappa shape index (κ1) is 14.9. The van der Waals surface area contributed by atoms with Crippen LogP contribution in [0.15, 0.2) is 0 Å². The van der Waals surface area contributed by atoms with Gasteiger partial charge in [0.25, 0.3) is 0 Å². The third-order valence-corrected chi connectivity index (χ3v) is 2.97. The zero-order chi connectivity index (χ0) is 14.4. The van der Waals surface area contributed by atoms with Crippen molar-refractivity contribution < 1.29 is 4.79 Å². The van der Waals surface area contributed by atoms with Crippen molar-refractivity contribution in [1.82, 2.24) is 10.2 Å². The molecule has 19 heavy (non-hydrogen) atoms. The van der Waals surface area contributed by atoms with E-state index in [-0.39, 0.29) is 6.54 Å². The molecule has 0 atom stereocenters. The minimum atomic E-state index is -0.454. The lowest BCUT2D eigenvalue weighted by Crippen LogP contribution is -2.35. The minimum absolute atomic E-state index is 0.0362. The Kier molecular flexibility index (Phi) is 5.24. The molecule has 0 aliphatic carbocycles. The molecule has 0 aliphatic rings. The Morgan fingerprint density at radius 3 is 2.42 bits per heavy atom.